The lowest BCUT2D eigenvalue weighted by Crippen LogP contribution is -2.41. The molecule has 0 aliphatic carbocycles. The normalized spacial score (nSPS) is 18.5. The Balaban J connectivity index is 1.66. The molecule has 0 saturated carbocycles. The molecule has 21 heavy (non-hydrogen) atoms. The lowest BCUT2D eigenvalue weighted by Gasteiger charge is -2.29. The first kappa shape index (κ1) is 13.9. The van der Waals surface area contributed by atoms with E-state index in [1.807, 2.05) is 28.9 Å². The summed E-state index contributed by atoms with van der Waals surface area (Å²) in [6.45, 7) is 3.21. The van der Waals surface area contributed by atoms with Gasteiger partial charge in [0.25, 0.3) is 0 Å². The van der Waals surface area contributed by atoms with E-state index in [-0.39, 0.29) is 0 Å². The lowest BCUT2D eigenvalue weighted by atomic mass is 10.1. The van der Waals surface area contributed by atoms with Crippen LogP contribution >= 0.6 is 0 Å². The van der Waals surface area contributed by atoms with Gasteiger partial charge in [-0.25, -0.2) is 4.98 Å². The lowest BCUT2D eigenvalue weighted by molar-refractivity contribution is -0.0107. The van der Waals surface area contributed by atoms with Gasteiger partial charge in [0.15, 0.2) is 17.6 Å². The first-order valence-electron chi connectivity index (χ1n) is 7.21. The standard InChI is InChI=1S/C15H19N3O3/c1-2-7-18-15(16-10-17-18)8-11(19)14-9-20-12-5-3-4-6-13(12)21-14/h3-6,10-11,14,19H,2,7-9H2,1H3. The van der Waals surface area contributed by atoms with Crippen LogP contribution in [0.25, 0.3) is 0 Å². The van der Waals surface area contributed by atoms with E-state index in [4.69, 9.17) is 9.47 Å². The van der Waals surface area contributed by atoms with Crippen molar-refractivity contribution in [3.63, 3.8) is 0 Å². The largest absolute Gasteiger partial charge is 0.486 e. The third kappa shape index (κ3) is 3.00. The smallest absolute Gasteiger partial charge is 0.161 e. The first-order chi connectivity index (χ1) is 10.3. The summed E-state index contributed by atoms with van der Waals surface area (Å²) in [7, 11) is 0. The number of fused-ring (bicyclic) bond motifs is 1. The molecule has 2 unspecified atom stereocenters. The maximum absolute atomic E-state index is 10.4. The minimum atomic E-state index is -0.682. The summed E-state index contributed by atoms with van der Waals surface area (Å²) in [4.78, 5) is 4.21. The van der Waals surface area contributed by atoms with Gasteiger partial charge in [0.2, 0.25) is 0 Å². The topological polar surface area (TPSA) is 69.4 Å². The molecule has 6 heteroatoms. The number of ether oxygens (including phenoxy) is 2. The molecule has 0 spiro atoms. The number of benzene rings is 1. The number of hydrogen-bond acceptors (Lipinski definition) is 5. The fraction of sp³-hybridized carbons (Fsp3) is 0.467. The van der Waals surface area contributed by atoms with Crippen molar-refractivity contribution in [3.8, 4) is 11.5 Å². The summed E-state index contributed by atoms with van der Waals surface area (Å²) >= 11 is 0. The Labute approximate surface area is 123 Å². The molecule has 2 atom stereocenters. The average Bonchev–Trinajstić information content (AvgIpc) is 2.94. The van der Waals surface area contributed by atoms with Gasteiger partial charge in [0, 0.05) is 13.0 Å². The summed E-state index contributed by atoms with van der Waals surface area (Å²) in [5.74, 6) is 2.16. The van der Waals surface area contributed by atoms with Gasteiger partial charge in [0.1, 0.15) is 24.9 Å². The quantitative estimate of drug-likeness (QED) is 0.901. The van der Waals surface area contributed by atoms with Crippen LogP contribution in [0, 0.1) is 0 Å². The molecule has 1 aromatic carbocycles. The van der Waals surface area contributed by atoms with Crippen molar-refractivity contribution < 1.29 is 14.6 Å². The van der Waals surface area contributed by atoms with E-state index in [0.717, 1.165) is 24.5 Å². The molecule has 1 aliphatic heterocycles. The van der Waals surface area contributed by atoms with Crippen LogP contribution in [0.3, 0.4) is 0 Å². The zero-order valence-electron chi connectivity index (χ0n) is 12.0. The van der Waals surface area contributed by atoms with E-state index in [2.05, 4.69) is 17.0 Å². The highest BCUT2D eigenvalue weighted by Gasteiger charge is 2.28. The summed E-state index contributed by atoms with van der Waals surface area (Å²) < 4.78 is 13.3. The number of rotatable bonds is 5. The third-order valence-corrected chi connectivity index (χ3v) is 3.48. The Morgan fingerprint density at radius 3 is 3.00 bits per heavy atom. The minimum absolute atomic E-state index is 0.333. The molecule has 0 fully saturated rings. The van der Waals surface area contributed by atoms with Crippen LogP contribution < -0.4 is 9.47 Å². The number of hydrogen-bond donors (Lipinski definition) is 1. The molecule has 2 heterocycles. The van der Waals surface area contributed by atoms with Gasteiger partial charge in [-0.1, -0.05) is 19.1 Å². The molecule has 0 saturated heterocycles. The van der Waals surface area contributed by atoms with Crippen LogP contribution in [0.5, 0.6) is 11.5 Å². The van der Waals surface area contributed by atoms with Gasteiger partial charge in [-0.2, -0.15) is 5.10 Å². The molecule has 1 aliphatic rings. The maximum Gasteiger partial charge on any atom is 0.161 e. The Bertz CT molecular complexity index is 599. The van der Waals surface area contributed by atoms with Gasteiger partial charge in [-0.15, -0.1) is 0 Å². The van der Waals surface area contributed by atoms with E-state index in [1.54, 1.807) is 0 Å². The van der Waals surface area contributed by atoms with Crippen LogP contribution in [0.4, 0.5) is 0 Å². The molecule has 6 nitrogen and oxygen atoms in total. The molecule has 0 radical (unpaired) electrons. The van der Waals surface area contributed by atoms with Crippen LogP contribution in [0.15, 0.2) is 30.6 Å². The second-order valence-electron chi connectivity index (χ2n) is 5.08. The summed E-state index contributed by atoms with van der Waals surface area (Å²) in [5.41, 5.74) is 0. The van der Waals surface area contributed by atoms with Crippen molar-refractivity contribution >= 4 is 0 Å². The summed E-state index contributed by atoms with van der Waals surface area (Å²) in [6, 6.07) is 7.48. The zero-order valence-corrected chi connectivity index (χ0v) is 12.0. The molecule has 0 bridgehead atoms. The predicted octanol–water partition coefficient (Wildman–Crippen LogP) is 1.43. The van der Waals surface area contributed by atoms with Crippen molar-refractivity contribution in [2.24, 2.45) is 0 Å². The molecule has 3 rings (SSSR count). The second-order valence-corrected chi connectivity index (χ2v) is 5.08. The van der Waals surface area contributed by atoms with E-state index >= 15 is 0 Å². The van der Waals surface area contributed by atoms with Crippen molar-refractivity contribution in [1.29, 1.82) is 0 Å². The Morgan fingerprint density at radius 1 is 1.38 bits per heavy atom. The minimum Gasteiger partial charge on any atom is -0.486 e. The highest BCUT2D eigenvalue weighted by atomic mass is 16.6. The van der Waals surface area contributed by atoms with Gasteiger partial charge in [-0.05, 0) is 18.6 Å². The van der Waals surface area contributed by atoms with Crippen molar-refractivity contribution in [2.45, 2.75) is 38.5 Å². The molecule has 2 aromatic rings. The van der Waals surface area contributed by atoms with Gasteiger partial charge >= 0.3 is 0 Å². The summed E-state index contributed by atoms with van der Waals surface area (Å²) in [6.07, 6.45) is 1.81. The van der Waals surface area contributed by atoms with E-state index in [9.17, 15) is 5.11 Å². The molecule has 0 amide bonds. The fourth-order valence-electron chi connectivity index (χ4n) is 2.39. The molecular weight excluding hydrogens is 270 g/mol. The number of para-hydroxylation sites is 2. The van der Waals surface area contributed by atoms with Crippen LogP contribution in [0.1, 0.15) is 19.2 Å². The van der Waals surface area contributed by atoms with Gasteiger partial charge < -0.3 is 14.6 Å². The summed E-state index contributed by atoms with van der Waals surface area (Å²) in [5, 5.41) is 14.5. The van der Waals surface area contributed by atoms with Crippen molar-refractivity contribution in [1.82, 2.24) is 14.8 Å². The van der Waals surface area contributed by atoms with Crippen molar-refractivity contribution in [2.75, 3.05) is 6.61 Å². The highest BCUT2D eigenvalue weighted by Crippen LogP contribution is 2.31. The SMILES string of the molecule is CCCn1ncnc1CC(O)C1COc2ccccc2O1. The predicted molar refractivity (Wildman–Crippen MR) is 76.4 cm³/mol. The van der Waals surface area contributed by atoms with E-state index in [1.165, 1.54) is 6.33 Å². The maximum atomic E-state index is 10.4. The Morgan fingerprint density at radius 2 is 2.19 bits per heavy atom. The molecule has 1 aromatic heterocycles. The van der Waals surface area contributed by atoms with E-state index in [0.29, 0.717) is 18.8 Å². The Kier molecular flexibility index (Phi) is 4.06. The van der Waals surface area contributed by atoms with E-state index < -0.39 is 12.2 Å². The van der Waals surface area contributed by atoms with Crippen molar-refractivity contribution in [3.05, 3.63) is 36.4 Å². The van der Waals surface area contributed by atoms with Crippen LogP contribution in [0.2, 0.25) is 0 Å². The zero-order chi connectivity index (χ0) is 14.7. The number of aromatic nitrogens is 3. The highest BCUT2D eigenvalue weighted by molar-refractivity contribution is 5.40. The van der Waals surface area contributed by atoms with Crippen LogP contribution in [-0.2, 0) is 13.0 Å². The fourth-order valence-corrected chi connectivity index (χ4v) is 2.39. The monoisotopic (exact) mass is 289 g/mol. The van der Waals surface area contributed by atoms with Gasteiger partial charge in [0.05, 0.1) is 0 Å². The Hall–Kier alpha value is -2.08. The number of aryl methyl sites for hydroxylation is 1. The molecule has 112 valence electrons. The average molecular weight is 289 g/mol. The number of nitrogens with zero attached hydrogens (tertiary/aromatic N) is 3. The molecular formula is C15H19N3O3. The van der Waals surface area contributed by atoms with Crippen LogP contribution in [-0.4, -0.2) is 38.7 Å². The molecule has 1 N–H and O–H groups in total. The number of aliphatic hydroxyl groups is 1. The van der Waals surface area contributed by atoms with Gasteiger partial charge in [-0.3, -0.25) is 4.68 Å². The second kappa shape index (κ2) is 6.13. The number of aliphatic hydroxyl groups excluding tert-OH is 1. The third-order valence-electron chi connectivity index (χ3n) is 3.48. The first-order valence-corrected chi connectivity index (χ1v) is 7.21.